The van der Waals surface area contributed by atoms with Crippen molar-refractivity contribution in [1.29, 1.82) is 0 Å². The van der Waals surface area contributed by atoms with Gasteiger partial charge in [-0.2, -0.15) is 11.8 Å². The van der Waals surface area contributed by atoms with E-state index in [4.69, 9.17) is 0 Å². The van der Waals surface area contributed by atoms with Gasteiger partial charge in [-0.25, -0.2) is 9.18 Å². The number of urea groups is 1. The molecule has 0 bridgehead atoms. The summed E-state index contributed by atoms with van der Waals surface area (Å²) >= 11 is 1.42. The zero-order chi connectivity index (χ0) is 16.8. The minimum atomic E-state index is -1.02. The number of anilines is 1. The maximum atomic E-state index is 13.6. The van der Waals surface area contributed by atoms with Crippen LogP contribution in [0, 0.1) is 0 Å². The van der Waals surface area contributed by atoms with E-state index in [0.29, 0.717) is 5.75 Å². The highest BCUT2D eigenvalue weighted by atomic mass is 32.2. The number of alkyl halides is 1. The number of likely N-dealkylation sites (tertiary alicyclic amines) is 1. The van der Waals surface area contributed by atoms with Gasteiger partial charge in [0.2, 0.25) is 5.91 Å². The van der Waals surface area contributed by atoms with E-state index in [0.717, 1.165) is 5.69 Å². The molecule has 0 saturated carbocycles. The van der Waals surface area contributed by atoms with Gasteiger partial charge in [0.25, 0.3) is 0 Å². The van der Waals surface area contributed by atoms with Crippen LogP contribution in [0.5, 0.6) is 0 Å². The van der Waals surface area contributed by atoms with E-state index in [1.54, 1.807) is 11.9 Å². The topological polar surface area (TPSA) is 52.7 Å². The Labute approximate surface area is 140 Å². The summed E-state index contributed by atoms with van der Waals surface area (Å²) < 4.78 is 13.6. The molecule has 1 heterocycles. The number of para-hydroxylation sites is 1. The molecule has 1 N–H and O–H groups in total. The zero-order valence-electron chi connectivity index (χ0n) is 13.4. The van der Waals surface area contributed by atoms with Crippen LogP contribution < -0.4 is 10.2 Å². The number of halogens is 1. The number of nitrogens with zero attached hydrogens (tertiary/aromatic N) is 2. The van der Waals surface area contributed by atoms with Crippen LogP contribution in [0.3, 0.4) is 0 Å². The number of carbonyl (C=O) groups is 2. The summed E-state index contributed by atoms with van der Waals surface area (Å²) in [4.78, 5) is 27.3. The first kappa shape index (κ1) is 17.6. The van der Waals surface area contributed by atoms with Gasteiger partial charge in [0, 0.05) is 25.7 Å². The third-order valence-electron chi connectivity index (χ3n) is 3.89. The standard InChI is InChI=1S/C16H22FN3O2S/c1-19(13-6-4-3-5-7-13)16(22)18-9-14-8-12(17)10-20(14)15(21)11-23-2/h3-7,12,14H,8-11H2,1-2H3,(H,18,22). The normalized spacial score (nSPS) is 20.4. The molecule has 2 rings (SSSR count). The van der Waals surface area contributed by atoms with Gasteiger partial charge in [-0.15, -0.1) is 0 Å². The Hall–Kier alpha value is -1.76. The number of nitrogens with one attached hydrogen (secondary N) is 1. The molecule has 1 aliphatic heterocycles. The SMILES string of the molecule is CSCC(=O)N1CC(F)CC1CNC(=O)N(C)c1ccccc1. The largest absolute Gasteiger partial charge is 0.336 e. The second kappa shape index (κ2) is 8.19. The van der Waals surface area contributed by atoms with Crippen molar-refractivity contribution in [2.45, 2.75) is 18.6 Å². The Balaban J connectivity index is 1.91. The van der Waals surface area contributed by atoms with E-state index in [2.05, 4.69) is 5.32 Å². The Morgan fingerprint density at radius 2 is 2.09 bits per heavy atom. The van der Waals surface area contributed by atoms with Gasteiger partial charge in [-0.1, -0.05) is 18.2 Å². The Morgan fingerprint density at radius 3 is 2.74 bits per heavy atom. The first-order valence-electron chi connectivity index (χ1n) is 7.52. The van der Waals surface area contributed by atoms with Crippen molar-refractivity contribution >= 4 is 29.4 Å². The van der Waals surface area contributed by atoms with Crippen molar-refractivity contribution in [1.82, 2.24) is 10.2 Å². The highest BCUT2D eigenvalue weighted by molar-refractivity contribution is 7.99. The van der Waals surface area contributed by atoms with Crippen LogP contribution in [0.1, 0.15) is 6.42 Å². The van der Waals surface area contributed by atoms with Crippen LogP contribution >= 0.6 is 11.8 Å². The molecule has 7 heteroatoms. The van der Waals surface area contributed by atoms with Crippen LogP contribution in [0.15, 0.2) is 30.3 Å². The minimum Gasteiger partial charge on any atom is -0.336 e. The third kappa shape index (κ3) is 4.60. The summed E-state index contributed by atoms with van der Waals surface area (Å²) in [7, 11) is 1.67. The number of benzene rings is 1. The molecule has 2 unspecified atom stereocenters. The van der Waals surface area contributed by atoms with E-state index in [1.165, 1.54) is 16.7 Å². The van der Waals surface area contributed by atoms with Crippen molar-refractivity contribution in [3.05, 3.63) is 30.3 Å². The van der Waals surface area contributed by atoms with Crippen LogP contribution in [0.4, 0.5) is 14.9 Å². The second-order valence-corrected chi connectivity index (χ2v) is 6.41. The molecular weight excluding hydrogens is 317 g/mol. The fraction of sp³-hybridized carbons (Fsp3) is 0.500. The van der Waals surface area contributed by atoms with Crippen molar-refractivity contribution in [3.8, 4) is 0 Å². The van der Waals surface area contributed by atoms with E-state index in [1.807, 2.05) is 36.6 Å². The van der Waals surface area contributed by atoms with E-state index >= 15 is 0 Å². The summed E-state index contributed by atoms with van der Waals surface area (Å²) in [6.07, 6.45) is 1.09. The first-order valence-corrected chi connectivity index (χ1v) is 8.91. The second-order valence-electron chi connectivity index (χ2n) is 5.55. The molecule has 0 aromatic heterocycles. The average Bonchev–Trinajstić information content (AvgIpc) is 2.94. The van der Waals surface area contributed by atoms with Gasteiger partial charge in [0.1, 0.15) is 6.17 Å². The lowest BCUT2D eigenvalue weighted by Gasteiger charge is -2.25. The molecule has 126 valence electrons. The van der Waals surface area contributed by atoms with Crippen molar-refractivity contribution in [3.63, 3.8) is 0 Å². The molecule has 1 saturated heterocycles. The lowest BCUT2D eigenvalue weighted by atomic mass is 10.2. The van der Waals surface area contributed by atoms with Gasteiger partial charge in [0.15, 0.2) is 0 Å². The molecule has 0 spiro atoms. The van der Waals surface area contributed by atoms with Crippen LogP contribution in [0.2, 0.25) is 0 Å². The number of hydrogen-bond acceptors (Lipinski definition) is 3. The van der Waals surface area contributed by atoms with Crippen molar-refractivity contribution < 1.29 is 14.0 Å². The highest BCUT2D eigenvalue weighted by Gasteiger charge is 2.35. The summed E-state index contributed by atoms with van der Waals surface area (Å²) in [5.74, 6) is 0.259. The molecule has 1 aromatic carbocycles. The third-order valence-corrected chi connectivity index (χ3v) is 4.42. The number of rotatable bonds is 5. The number of carbonyl (C=O) groups excluding carboxylic acids is 2. The molecule has 23 heavy (non-hydrogen) atoms. The van der Waals surface area contributed by atoms with Gasteiger partial charge in [-0.3, -0.25) is 9.69 Å². The molecular formula is C16H22FN3O2S. The highest BCUT2D eigenvalue weighted by Crippen LogP contribution is 2.21. The summed E-state index contributed by atoms with van der Waals surface area (Å²) in [6.45, 7) is 0.380. The molecule has 2 atom stereocenters. The average molecular weight is 339 g/mol. The predicted molar refractivity (Wildman–Crippen MR) is 91.6 cm³/mol. The monoisotopic (exact) mass is 339 g/mol. The lowest BCUT2D eigenvalue weighted by Crippen LogP contribution is -2.46. The first-order chi connectivity index (χ1) is 11.0. The van der Waals surface area contributed by atoms with Crippen LogP contribution in [0.25, 0.3) is 0 Å². The minimum absolute atomic E-state index is 0.0756. The summed E-state index contributed by atoms with van der Waals surface area (Å²) in [5, 5.41) is 2.79. The molecule has 1 aliphatic rings. The van der Waals surface area contributed by atoms with Gasteiger partial charge in [0.05, 0.1) is 18.3 Å². The fourth-order valence-electron chi connectivity index (χ4n) is 2.66. The number of amides is 3. The zero-order valence-corrected chi connectivity index (χ0v) is 14.2. The van der Waals surface area contributed by atoms with E-state index < -0.39 is 6.17 Å². The number of hydrogen-bond donors (Lipinski definition) is 1. The van der Waals surface area contributed by atoms with Gasteiger partial charge in [-0.05, 0) is 18.4 Å². The predicted octanol–water partition coefficient (Wildman–Crippen LogP) is 2.13. The molecule has 1 aromatic rings. The molecule has 0 aliphatic carbocycles. The lowest BCUT2D eigenvalue weighted by molar-refractivity contribution is -0.129. The quantitative estimate of drug-likeness (QED) is 0.894. The van der Waals surface area contributed by atoms with Crippen molar-refractivity contribution in [2.24, 2.45) is 0 Å². The Morgan fingerprint density at radius 1 is 1.39 bits per heavy atom. The van der Waals surface area contributed by atoms with E-state index in [-0.39, 0.29) is 37.5 Å². The maximum Gasteiger partial charge on any atom is 0.321 e. The Bertz CT molecular complexity index is 543. The van der Waals surface area contributed by atoms with Crippen LogP contribution in [-0.4, -0.2) is 61.2 Å². The maximum absolute atomic E-state index is 13.6. The molecule has 5 nitrogen and oxygen atoms in total. The summed E-state index contributed by atoms with van der Waals surface area (Å²) in [5.41, 5.74) is 0.773. The summed E-state index contributed by atoms with van der Waals surface area (Å²) in [6, 6.07) is 8.71. The number of thioether (sulfide) groups is 1. The molecule has 1 fully saturated rings. The Kier molecular flexibility index (Phi) is 6.27. The van der Waals surface area contributed by atoms with Gasteiger partial charge >= 0.3 is 6.03 Å². The smallest absolute Gasteiger partial charge is 0.321 e. The van der Waals surface area contributed by atoms with Crippen molar-refractivity contribution in [2.75, 3.05) is 37.0 Å². The molecule has 3 amide bonds. The van der Waals surface area contributed by atoms with Crippen LogP contribution in [-0.2, 0) is 4.79 Å². The van der Waals surface area contributed by atoms with E-state index in [9.17, 15) is 14.0 Å². The fourth-order valence-corrected chi connectivity index (χ4v) is 3.07. The molecule has 0 radical (unpaired) electrons. The van der Waals surface area contributed by atoms with Gasteiger partial charge < -0.3 is 10.2 Å².